The van der Waals surface area contributed by atoms with Crippen LogP contribution in [0.15, 0.2) is 16.6 Å². The molecule has 0 amide bonds. The Morgan fingerprint density at radius 1 is 1.58 bits per heavy atom. The molecule has 2 rings (SSSR count). The van der Waals surface area contributed by atoms with Crippen molar-refractivity contribution in [2.75, 3.05) is 11.9 Å². The van der Waals surface area contributed by atoms with Crippen LogP contribution < -0.4 is 16.8 Å². The molecule has 0 fully saturated rings. The largest absolute Gasteiger partial charge is 0.370 e. The zero-order valence-electron chi connectivity index (χ0n) is 10.2. The minimum atomic E-state index is -0.259. The van der Waals surface area contributed by atoms with E-state index in [1.54, 1.807) is 5.38 Å². The smallest absolute Gasteiger partial charge is 0.230 e. The van der Waals surface area contributed by atoms with Gasteiger partial charge in [0.1, 0.15) is 11.4 Å². The molecule has 0 aliphatic carbocycles. The number of nitrogens with two attached hydrogens (primary N) is 2. The first-order valence-electron chi connectivity index (χ1n) is 5.49. The number of aromatic amines is 1. The molecule has 0 bridgehead atoms. The molecule has 0 radical (unpaired) electrons. The number of guanidine groups is 1. The molecule has 2 aromatic heterocycles. The lowest BCUT2D eigenvalue weighted by Crippen LogP contribution is -2.21. The molecule has 8 nitrogen and oxygen atoms in total. The van der Waals surface area contributed by atoms with Crippen LogP contribution in [-0.2, 0) is 0 Å². The van der Waals surface area contributed by atoms with Gasteiger partial charge in [0.15, 0.2) is 5.96 Å². The zero-order valence-corrected chi connectivity index (χ0v) is 11.0. The lowest BCUT2D eigenvalue weighted by Gasteiger charge is -1.95. The van der Waals surface area contributed by atoms with Gasteiger partial charge in [0, 0.05) is 11.9 Å². The summed E-state index contributed by atoms with van der Waals surface area (Å²) in [6, 6.07) is 0. The van der Waals surface area contributed by atoms with Gasteiger partial charge in [-0.3, -0.25) is 4.79 Å². The Balaban J connectivity index is 2.18. The number of H-pyrrole nitrogens is 1. The fraction of sp³-hybridized carbons (Fsp3) is 0.200. The summed E-state index contributed by atoms with van der Waals surface area (Å²) >= 11 is 1.19. The summed E-state index contributed by atoms with van der Waals surface area (Å²) in [4.78, 5) is 26.8. The van der Waals surface area contributed by atoms with Gasteiger partial charge < -0.3 is 21.8 Å². The average molecular weight is 279 g/mol. The van der Waals surface area contributed by atoms with Crippen LogP contribution in [0.4, 0.5) is 11.1 Å². The number of nitrogens with one attached hydrogen (secondary N) is 2. The fourth-order valence-electron chi connectivity index (χ4n) is 1.36. The van der Waals surface area contributed by atoms with E-state index in [4.69, 9.17) is 11.5 Å². The van der Waals surface area contributed by atoms with Crippen LogP contribution in [0.5, 0.6) is 0 Å². The average Bonchev–Trinajstić information content (AvgIpc) is 2.97. The van der Waals surface area contributed by atoms with E-state index in [0.29, 0.717) is 23.3 Å². The molecule has 9 heteroatoms. The number of hydrogen-bond acceptors (Lipinski definition) is 6. The maximum Gasteiger partial charge on any atom is 0.230 e. The Labute approximate surface area is 113 Å². The van der Waals surface area contributed by atoms with E-state index in [1.807, 2.05) is 6.92 Å². The number of aromatic nitrogens is 3. The Hall–Kier alpha value is -2.42. The van der Waals surface area contributed by atoms with Crippen molar-refractivity contribution in [2.45, 2.75) is 6.92 Å². The van der Waals surface area contributed by atoms with Gasteiger partial charge in [-0.15, -0.1) is 11.3 Å². The normalized spacial score (nSPS) is 10.2. The van der Waals surface area contributed by atoms with E-state index in [1.165, 1.54) is 17.5 Å². The highest BCUT2D eigenvalue weighted by atomic mass is 32.1. The van der Waals surface area contributed by atoms with Gasteiger partial charge in [-0.05, 0) is 6.92 Å². The second-order valence-electron chi connectivity index (χ2n) is 3.56. The molecule has 0 aromatic carbocycles. The van der Waals surface area contributed by atoms with E-state index in [-0.39, 0.29) is 17.4 Å². The molecule has 0 spiro atoms. The van der Waals surface area contributed by atoms with Crippen LogP contribution in [0.1, 0.15) is 23.1 Å². The van der Waals surface area contributed by atoms with E-state index < -0.39 is 0 Å². The molecule has 2 heterocycles. The quantitative estimate of drug-likeness (QED) is 0.356. The lowest BCUT2D eigenvalue weighted by atomic mass is 10.2. The van der Waals surface area contributed by atoms with Crippen molar-refractivity contribution in [3.05, 3.63) is 23.0 Å². The minimum absolute atomic E-state index is 0.0932. The number of carbonyl (C=O) groups excluding carboxylic acids is 1. The number of anilines is 1. The van der Waals surface area contributed by atoms with Crippen molar-refractivity contribution >= 4 is 34.2 Å². The number of nitrogens with zero attached hydrogens (tertiary/aromatic N) is 3. The van der Waals surface area contributed by atoms with Crippen LogP contribution in [0, 0.1) is 0 Å². The lowest BCUT2D eigenvalue weighted by molar-refractivity contribution is 0.103. The molecule has 2 aromatic rings. The highest BCUT2D eigenvalue weighted by molar-refractivity contribution is 7.13. The van der Waals surface area contributed by atoms with Crippen molar-refractivity contribution in [1.29, 1.82) is 0 Å². The van der Waals surface area contributed by atoms with Crippen LogP contribution in [0.25, 0.3) is 0 Å². The predicted octanol–water partition coefficient (Wildman–Crippen LogP) is 0.434. The molecule has 19 heavy (non-hydrogen) atoms. The second kappa shape index (κ2) is 5.48. The van der Waals surface area contributed by atoms with Crippen molar-refractivity contribution in [3.8, 4) is 0 Å². The molecule has 100 valence electrons. The number of carbonyl (C=O) groups is 1. The highest BCUT2D eigenvalue weighted by Gasteiger charge is 2.15. The summed E-state index contributed by atoms with van der Waals surface area (Å²) in [7, 11) is 0. The zero-order chi connectivity index (χ0) is 13.8. The number of hydrogen-bond donors (Lipinski definition) is 4. The van der Waals surface area contributed by atoms with E-state index >= 15 is 0 Å². The number of thiazole rings is 1. The van der Waals surface area contributed by atoms with Crippen molar-refractivity contribution in [2.24, 2.45) is 16.5 Å². The minimum Gasteiger partial charge on any atom is -0.370 e. The molecular weight excluding hydrogens is 266 g/mol. The van der Waals surface area contributed by atoms with E-state index in [9.17, 15) is 4.79 Å². The second-order valence-corrected chi connectivity index (χ2v) is 4.39. The molecule has 0 aliphatic rings. The molecular formula is C10H13N7OS. The summed E-state index contributed by atoms with van der Waals surface area (Å²) in [5, 5.41) is 4.91. The predicted molar refractivity (Wildman–Crippen MR) is 73.8 cm³/mol. The number of rotatable bonds is 5. The monoisotopic (exact) mass is 279 g/mol. The third-order valence-corrected chi connectivity index (χ3v) is 2.85. The van der Waals surface area contributed by atoms with Gasteiger partial charge in [0.25, 0.3) is 0 Å². The fourth-order valence-corrected chi connectivity index (χ4v) is 2.05. The van der Waals surface area contributed by atoms with Crippen molar-refractivity contribution in [3.63, 3.8) is 0 Å². The Bertz CT molecular complexity index is 611. The first-order valence-corrected chi connectivity index (χ1v) is 6.37. The summed E-state index contributed by atoms with van der Waals surface area (Å²) in [5.41, 5.74) is 11.1. The molecule has 0 saturated heterocycles. The van der Waals surface area contributed by atoms with Crippen molar-refractivity contribution < 1.29 is 4.79 Å². The Kier molecular flexibility index (Phi) is 3.76. The number of aliphatic imine (C=N–C) groups is 1. The van der Waals surface area contributed by atoms with Crippen LogP contribution in [0.3, 0.4) is 0 Å². The molecule has 0 saturated carbocycles. The highest BCUT2D eigenvalue weighted by Crippen LogP contribution is 2.20. The summed E-state index contributed by atoms with van der Waals surface area (Å²) in [5.74, 6) is 0.194. The van der Waals surface area contributed by atoms with Gasteiger partial charge in [-0.25, -0.2) is 9.97 Å². The summed E-state index contributed by atoms with van der Waals surface area (Å²) < 4.78 is 0. The third kappa shape index (κ3) is 3.07. The van der Waals surface area contributed by atoms with Gasteiger partial charge in [0.05, 0.1) is 6.20 Å². The van der Waals surface area contributed by atoms with Crippen LogP contribution >= 0.6 is 11.3 Å². The number of ketones is 1. The van der Waals surface area contributed by atoms with Crippen molar-refractivity contribution in [1.82, 2.24) is 15.0 Å². The maximum absolute atomic E-state index is 12.1. The van der Waals surface area contributed by atoms with E-state index in [2.05, 4.69) is 25.3 Å². The van der Waals surface area contributed by atoms with Crippen LogP contribution in [-0.4, -0.2) is 33.2 Å². The van der Waals surface area contributed by atoms with E-state index in [0.717, 1.165) is 0 Å². The number of imidazole rings is 1. The van der Waals surface area contributed by atoms with Gasteiger partial charge in [0.2, 0.25) is 16.9 Å². The maximum atomic E-state index is 12.1. The molecule has 0 unspecified atom stereocenters. The Morgan fingerprint density at radius 3 is 3.05 bits per heavy atom. The van der Waals surface area contributed by atoms with Gasteiger partial charge in [-0.1, -0.05) is 0 Å². The third-order valence-electron chi connectivity index (χ3n) is 2.11. The molecule has 0 aliphatic heterocycles. The topological polar surface area (TPSA) is 135 Å². The summed E-state index contributed by atoms with van der Waals surface area (Å²) in [6.07, 6.45) is 1.46. The first kappa shape index (κ1) is 13.0. The molecule has 0 atom stereocenters. The standard InChI is InChI=1S/C10H13N7OS/c1-2-13-9-14-3-5(15-9)7(18)6-4-19-10(16-6)17-8(11)12/h3-4H,2H2,1H3,(H2,13,14,15)(H4,11,12,16,17). The van der Waals surface area contributed by atoms with Gasteiger partial charge >= 0.3 is 0 Å². The molecule has 6 N–H and O–H groups in total. The van der Waals surface area contributed by atoms with Crippen LogP contribution in [0.2, 0.25) is 0 Å². The SMILES string of the molecule is CCNc1ncc(C(=O)c2csc(N=C(N)N)n2)[nH]1. The summed E-state index contributed by atoms with van der Waals surface area (Å²) in [6.45, 7) is 2.65. The Morgan fingerprint density at radius 2 is 2.37 bits per heavy atom. The first-order chi connectivity index (χ1) is 9.10. The van der Waals surface area contributed by atoms with Gasteiger partial charge in [-0.2, -0.15) is 4.99 Å².